The molecule has 2 aliphatic rings. The van der Waals surface area contributed by atoms with Crippen LogP contribution in [0.4, 0.5) is 11.4 Å². The highest BCUT2D eigenvalue weighted by Gasteiger charge is 2.12. The summed E-state index contributed by atoms with van der Waals surface area (Å²) in [4.78, 5) is 4.79. The van der Waals surface area contributed by atoms with E-state index in [9.17, 15) is 0 Å². The van der Waals surface area contributed by atoms with E-state index in [1.54, 1.807) is 0 Å². The lowest BCUT2D eigenvalue weighted by Crippen LogP contribution is -3.00. The smallest absolute Gasteiger partial charge is 0.172 e. The number of ether oxygens (including phenoxy) is 2. The van der Waals surface area contributed by atoms with E-state index in [2.05, 4.69) is 143 Å². The third-order valence-electron chi connectivity index (χ3n) is 10.6. The largest absolute Gasteiger partial charge is 1.00 e. The highest BCUT2D eigenvalue weighted by atomic mass is 79.9. The minimum Gasteiger partial charge on any atom is -1.00 e. The number of rotatable bonds is 17. The highest BCUT2D eigenvalue weighted by molar-refractivity contribution is 5.72. The van der Waals surface area contributed by atoms with Crippen LogP contribution >= 0.6 is 0 Å². The molecule has 6 nitrogen and oxygen atoms in total. The second-order valence-electron chi connectivity index (χ2n) is 14.5. The van der Waals surface area contributed by atoms with Gasteiger partial charge < -0.3 is 53.2 Å². The SMILES string of the molecule is Cc1c[n+](CCCCCCCCCC[n+]2ccc(/C=C/c3ccc(N4CCOCC4)cc3)c(C)c2)ccc1/C=C/c1ccc(N2CCOCC2)cc1.[Br-].[Br-]. The predicted molar refractivity (Wildman–Crippen MR) is 216 cm³/mol. The van der Waals surface area contributed by atoms with Gasteiger partial charge in [0.05, 0.1) is 26.4 Å². The van der Waals surface area contributed by atoms with Crippen LogP contribution in [0.1, 0.15) is 84.7 Å². The van der Waals surface area contributed by atoms with Crippen LogP contribution in [0, 0.1) is 13.8 Å². The molecule has 4 heterocycles. The number of morpholine rings is 2. The summed E-state index contributed by atoms with van der Waals surface area (Å²) < 4.78 is 15.7. The van der Waals surface area contributed by atoms with Gasteiger partial charge in [-0.25, -0.2) is 9.13 Å². The molecule has 0 aliphatic carbocycles. The highest BCUT2D eigenvalue weighted by Crippen LogP contribution is 2.20. The molecule has 0 atom stereocenters. The van der Waals surface area contributed by atoms with Crippen LogP contribution in [0.3, 0.4) is 0 Å². The molecule has 4 aromatic rings. The standard InChI is InChI=1S/C46H60N4O2.2BrH/c1-39-37-47(27-23-43(39)17-11-41-13-19-45(20-14-41)49-29-33-51-34-30-49)25-9-7-5-3-4-6-8-10-26-48-28-24-44(40(2)38-48)18-12-42-15-21-46(22-16-42)50-31-35-52-36-32-50;;/h11-24,27-28,37-38H,3-10,25-26,29-36H2,1-2H3;2*1H/q+2;;/p-2. The predicted octanol–water partition coefficient (Wildman–Crippen LogP) is 2.72. The monoisotopic (exact) mass is 858 g/mol. The van der Waals surface area contributed by atoms with Crippen molar-refractivity contribution in [3.63, 3.8) is 0 Å². The Bertz CT molecular complexity index is 1600. The van der Waals surface area contributed by atoms with E-state index in [1.165, 1.54) is 96.1 Å². The lowest BCUT2D eigenvalue weighted by Gasteiger charge is -2.28. The molecular weight excluding hydrogens is 800 g/mol. The Morgan fingerprint density at radius 3 is 1.19 bits per heavy atom. The number of unbranched alkanes of at least 4 members (excludes halogenated alkanes) is 7. The first-order chi connectivity index (χ1) is 25.6. The van der Waals surface area contributed by atoms with Crippen molar-refractivity contribution in [3.05, 3.63) is 119 Å². The van der Waals surface area contributed by atoms with E-state index in [4.69, 9.17) is 9.47 Å². The fraction of sp³-hybridized carbons (Fsp3) is 0.435. The van der Waals surface area contributed by atoms with E-state index in [1.807, 2.05) is 0 Å². The number of hydrogen-bond donors (Lipinski definition) is 0. The number of nitrogens with zero attached hydrogens (tertiary/aromatic N) is 4. The molecule has 0 radical (unpaired) electrons. The zero-order valence-corrected chi connectivity index (χ0v) is 35.7. The first-order valence-electron chi connectivity index (χ1n) is 19.8. The van der Waals surface area contributed by atoms with Crippen molar-refractivity contribution >= 4 is 35.7 Å². The van der Waals surface area contributed by atoms with Crippen molar-refractivity contribution in [1.82, 2.24) is 0 Å². The minimum atomic E-state index is 0. The van der Waals surface area contributed by atoms with Crippen molar-refractivity contribution in [1.29, 1.82) is 0 Å². The molecule has 0 bridgehead atoms. The molecule has 6 rings (SSSR count). The van der Waals surface area contributed by atoms with Gasteiger partial charge in [-0.1, -0.05) is 74.3 Å². The summed E-state index contributed by atoms with van der Waals surface area (Å²) in [6.45, 7) is 13.8. The fourth-order valence-corrected chi connectivity index (χ4v) is 7.26. The molecule has 2 aliphatic heterocycles. The summed E-state index contributed by atoms with van der Waals surface area (Å²) in [5.41, 5.74) is 10.3. The second kappa shape index (κ2) is 23.6. The van der Waals surface area contributed by atoms with Crippen molar-refractivity contribution < 1.29 is 52.6 Å². The van der Waals surface area contributed by atoms with Crippen LogP contribution < -0.4 is 52.9 Å². The van der Waals surface area contributed by atoms with Crippen LogP contribution in [-0.4, -0.2) is 52.6 Å². The number of halogens is 2. The van der Waals surface area contributed by atoms with Gasteiger partial charge in [-0.3, -0.25) is 0 Å². The molecule has 0 unspecified atom stereocenters. The molecule has 2 aromatic heterocycles. The number of benzene rings is 2. The Morgan fingerprint density at radius 2 is 0.833 bits per heavy atom. The summed E-state index contributed by atoms with van der Waals surface area (Å²) in [5, 5.41) is 0. The zero-order chi connectivity index (χ0) is 35.8. The van der Waals surface area contributed by atoms with Crippen LogP contribution in [0.5, 0.6) is 0 Å². The van der Waals surface area contributed by atoms with Crippen molar-refractivity contribution in [2.75, 3.05) is 62.4 Å². The molecule has 0 saturated carbocycles. The quantitative estimate of drug-likeness (QED) is 0.121. The number of hydrogen-bond acceptors (Lipinski definition) is 4. The summed E-state index contributed by atoms with van der Waals surface area (Å²) in [7, 11) is 0. The lowest BCUT2D eigenvalue weighted by molar-refractivity contribution is -0.697. The van der Waals surface area contributed by atoms with Crippen molar-refractivity contribution in [2.24, 2.45) is 0 Å². The van der Waals surface area contributed by atoms with Crippen LogP contribution in [0.2, 0.25) is 0 Å². The van der Waals surface area contributed by atoms with E-state index in [0.717, 1.165) is 65.7 Å². The Balaban J connectivity index is 0.00000325. The zero-order valence-electron chi connectivity index (χ0n) is 32.5. The average Bonchev–Trinajstić information content (AvgIpc) is 3.19. The maximum atomic E-state index is 5.48. The third-order valence-corrected chi connectivity index (χ3v) is 10.6. The Hall–Kier alpha value is -3.30. The van der Waals surface area contributed by atoms with Crippen molar-refractivity contribution in [3.8, 4) is 0 Å². The molecule has 0 amide bonds. The Labute approximate surface area is 346 Å². The van der Waals surface area contributed by atoms with Gasteiger partial charge in [0.2, 0.25) is 0 Å². The average molecular weight is 861 g/mol. The van der Waals surface area contributed by atoms with Gasteiger partial charge in [0, 0.05) is 73.7 Å². The topological polar surface area (TPSA) is 32.7 Å². The summed E-state index contributed by atoms with van der Waals surface area (Å²) in [5.74, 6) is 0. The van der Waals surface area contributed by atoms with Gasteiger partial charge in [0.15, 0.2) is 24.8 Å². The molecule has 54 heavy (non-hydrogen) atoms. The van der Waals surface area contributed by atoms with E-state index >= 15 is 0 Å². The maximum Gasteiger partial charge on any atom is 0.172 e. The van der Waals surface area contributed by atoms with Gasteiger partial charge in [0.1, 0.15) is 13.1 Å². The van der Waals surface area contributed by atoms with Crippen LogP contribution in [-0.2, 0) is 22.6 Å². The van der Waals surface area contributed by atoms with Gasteiger partial charge >= 0.3 is 0 Å². The van der Waals surface area contributed by atoms with Gasteiger partial charge in [-0.15, -0.1) is 0 Å². The number of aromatic nitrogens is 2. The molecule has 2 saturated heterocycles. The van der Waals surface area contributed by atoms with Gasteiger partial charge in [0.25, 0.3) is 0 Å². The third kappa shape index (κ3) is 13.8. The Morgan fingerprint density at radius 1 is 0.481 bits per heavy atom. The molecule has 0 N–H and O–H groups in total. The summed E-state index contributed by atoms with van der Waals surface area (Å²) in [6.07, 6.45) is 28.5. The van der Waals surface area contributed by atoms with Crippen molar-refractivity contribution in [2.45, 2.75) is 78.3 Å². The van der Waals surface area contributed by atoms with E-state index < -0.39 is 0 Å². The van der Waals surface area contributed by atoms with Gasteiger partial charge in [-0.05, 0) is 73.2 Å². The lowest BCUT2D eigenvalue weighted by atomic mass is 10.1. The summed E-state index contributed by atoms with van der Waals surface area (Å²) >= 11 is 0. The molecule has 290 valence electrons. The molecule has 8 heteroatoms. The van der Waals surface area contributed by atoms with E-state index in [0.29, 0.717) is 0 Å². The van der Waals surface area contributed by atoms with Gasteiger partial charge in [-0.2, -0.15) is 0 Å². The Kier molecular flexibility index (Phi) is 19.0. The molecule has 2 fully saturated rings. The molecule has 2 aromatic carbocycles. The first-order valence-corrected chi connectivity index (χ1v) is 19.8. The minimum absolute atomic E-state index is 0. The van der Waals surface area contributed by atoms with E-state index in [-0.39, 0.29) is 34.0 Å². The second-order valence-corrected chi connectivity index (χ2v) is 14.5. The first kappa shape index (κ1) is 43.4. The maximum absolute atomic E-state index is 5.48. The molecular formula is C46H60Br2N4O2. The number of anilines is 2. The normalized spacial score (nSPS) is 14.7. The number of pyridine rings is 2. The van der Waals surface area contributed by atoms with Crippen LogP contribution in [0.25, 0.3) is 24.3 Å². The summed E-state index contributed by atoms with van der Waals surface area (Å²) in [6, 6.07) is 22.3. The molecule has 0 spiro atoms. The number of aryl methyl sites for hydroxylation is 4. The fourth-order valence-electron chi connectivity index (χ4n) is 7.26. The van der Waals surface area contributed by atoms with Crippen LogP contribution in [0.15, 0.2) is 85.5 Å².